The van der Waals surface area contributed by atoms with Crippen molar-refractivity contribution in [3.05, 3.63) is 69.9 Å². The van der Waals surface area contributed by atoms with E-state index in [1.165, 1.54) is 11.0 Å². The standard InChI is InChI=1S/C30H36FN5O4S/c1-18-15-16-23(40-18)26(29(38)34-21-12-6-7-13-21)36(17-19-9-5-8-14-22(19)31)30(39)27-24(32)25(35-41-27)28(37)33-20-10-3-2-4-11-20/h5,8-9,14-16,20-21,26H,2-4,6-7,10-13,17,32H2,1H3,(H,33,37)(H,34,38)/t26-/m1/s1. The van der Waals surface area contributed by atoms with Gasteiger partial charge in [0.1, 0.15) is 22.2 Å². The Morgan fingerprint density at radius 3 is 2.34 bits per heavy atom. The Bertz CT molecular complexity index is 1390. The van der Waals surface area contributed by atoms with Gasteiger partial charge >= 0.3 is 0 Å². The van der Waals surface area contributed by atoms with Crippen LogP contribution < -0.4 is 16.4 Å². The fourth-order valence-electron chi connectivity index (χ4n) is 5.71. The minimum Gasteiger partial charge on any atom is -0.464 e. The molecule has 1 atom stereocenters. The summed E-state index contributed by atoms with van der Waals surface area (Å²) < 4.78 is 25.0. The van der Waals surface area contributed by atoms with Gasteiger partial charge in [0.05, 0.1) is 12.2 Å². The van der Waals surface area contributed by atoms with Crippen LogP contribution in [0.2, 0.25) is 0 Å². The highest BCUT2D eigenvalue weighted by molar-refractivity contribution is 7.09. The zero-order chi connectivity index (χ0) is 28.9. The maximum atomic E-state index is 14.9. The van der Waals surface area contributed by atoms with Crippen LogP contribution in [0.25, 0.3) is 0 Å². The van der Waals surface area contributed by atoms with Crippen LogP contribution in [0.5, 0.6) is 0 Å². The topological polar surface area (TPSA) is 131 Å². The number of benzene rings is 1. The molecule has 2 fully saturated rings. The van der Waals surface area contributed by atoms with Crippen LogP contribution in [0, 0.1) is 12.7 Å². The van der Waals surface area contributed by atoms with Crippen LogP contribution in [-0.4, -0.2) is 39.1 Å². The lowest BCUT2D eigenvalue weighted by molar-refractivity contribution is -0.127. The number of nitrogens with two attached hydrogens (primary N) is 1. The first kappa shape index (κ1) is 28.8. The van der Waals surface area contributed by atoms with Crippen molar-refractivity contribution in [2.24, 2.45) is 0 Å². The molecule has 2 aromatic heterocycles. The molecule has 3 aromatic rings. The molecule has 0 radical (unpaired) electrons. The Balaban J connectivity index is 1.49. The summed E-state index contributed by atoms with van der Waals surface area (Å²) in [6.45, 7) is 1.52. The Labute approximate surface area is 242 Å². The third-order valence-corrected chi connectivity index (χ3v) is 8.78. The van der Waals surface area contributed by atoms with Crippen LogP contribution in [0.3, 0.4) is 0 Å². The Hall–Kier alpha value is -3.73. The van der Waals surface area contributed by atoms with E-state index < -0.39 is 29.6 Å². The summed E-state index contributed by atoms with van der Waals surface area (Å²) >= 11 is 0.797. The molecule has 3 amide bonds. The SMILES string of the molecule is Cc1ccc([C@H](C(=O)NC2CCCC2)N(Cc2ccccc2F)C(=O)c2snc(C(=O)NC3CCCCC3)c2N)o1. The number of carbonyl (C=O) groups is 3. The number of furan rings is 1. The van der Waals surface area contributed by atoms with Gasteiger partial charge in [0, 0.05) is 17.6 Å². The van der Waals surface area contributed by atoms with Crippen molar-refractivity contribution in [1.29, 1.82) is 0 Å². The summed E-state index contributed by atoms with van der Waals surface area (Å²) in [5.41, 5.74) is 6.51. The van der Waals surface area contributed by atoms with Gasteiger partial charge in [-0.05, 0) is 62.3 Å². The van der Waals surface area contributed by atoms with Gasteiger partial charge in [0.25, 0.3) is 17.7 Å². The fraction of sp³-hybridized carbons (Fsp3) is 0.467. The van der Waals surface area contributed by atoms with Crippen molar-refractivity contribution >= 4 is 34.9 Å². The van der Waals surface area contributed by atoms with Gasteiger partial charge in [0.15, 0.2) is 11.7 Å². The number of amides is 3. The molecule has 2 heterocycles. The van der Waals surface area contributed by atoms with Gasteiger partial charge in [-0.3, -0.25) is 14.4 Å². The van der Waals surface area contributed by atoms with Crippen molar-refractivity contribution in [3.8, 4) is 0 Å². The summed E-state index contributed by atoms with van der Waals surface area (Å²) in [5.74, 6) is -1.19. The maximum absolute atomic E-state index is 14.9. The molecule has 0 unspecified atom stereocenters. The van der Waals surface area contributed by atoms with Crippen LogP contribution in [0.15, 0.2) is 40.8 Å². The number of carbonyl (C=O) groups excluding carboxylic acids is 3. The van der Waals surface area contributed by atoms with E-state index in [1.807, 2.05) is 0 Å². The fourth-order valence-corrected chi connectivity index (χ4v) is 6.47. The van der Waals surface area contributed by atoms with Crippen LogP contribution in [0.4, 0.5) is 10.1 Å². The largest absolute Gasteiger partial charge is 0.464 e. The van der Waals surface area contributed by atoms with Gasteiger partial charge in [-0.1, -0.05) is 50.3 Å². The highest BCUT2D eigenvalue weighted by atomic mass is 32.1. The average Bonchev–Trinajstić information content (AvgIpc) is 3.71. The molecule has 218 valence electrons. The van der Waals surface area contributed by atoms with Crippen molar-refractivity contribution in [1.82, 2.24) is 19.9 Å². The third kappa shape index (κ3) is 6.61. The molecule has 0 spiro atoms. The minimum absolute atomic E-state index is 0.0112. The first-order valence-electron chi connectivity index (χ1n) is 14.3. The normalized spacial score (nSPS) is 16.8. The van der Waals surface area contributed by atoms with Crippen molar-refractivity contribution in [2.45, 2.75) is 89.4 Å². The van der Waals surface area contributed by atoms with E-state index >= 15 is 0 Å². The summed E-state index contributed by atoms with van der Waals surface area (Å²) in [7, 11) is 0. The number of aryl methyl sites for hydroxylation is 1. The van der Waals surface area contributed by atoms with Crippen molar-refractivity contribution < 1.29 is 23.2 Å². The number of anilines is 1. The first-order valence-corrected chi connectivity index (χ1v) is 15.1. The molecule has 2 saturated carbocycles. The molecule has 0 bridgehead atoms. The predicted molar refractivity (Wildman–Crippen MR) is 154 cm³/mol. The summed E-state index contributed by atoms with van der Waals surface area (Å²) in [6.07, 6.45) is 8.72. The number of rotatable bonds is 9. The summed E-state index contributed by atoms with van der Waals surface area (Å²) in [5, 5.41) is 6.05. The molecule has 0 saturated heterocycles. The molecule has 1 aromatic carbocycles. The van der Waals surface area contributed by atoms with Gasteiger partial charge in [-0.15, -0.1) is 0 Å². The maximum Gasteiger partial charge on any atom is 0.273 e. The van der Waals surface area contributed by atoms with Crippen LogP contribution >= 0.6 is 11.5 Å². The van der Waals surface area contributed by atoms with E-state index in [-0.39, 0.29) is 46.2 Å². The molecule has 4 N–H and O–H groups in total. The first-order chi connectivity index (χ1) is 19.8. The minimum atomic E-state index is -1.20. The second-order valence-electron chi connectivity index (χ2n) is 10.9. The number of nitrogens with one attached hydrogen (secondary N) is 2. The molecule has 9 nitrogen and oxygen atoms in total. The summed E-state index contributed by atoms with van der Waals surface area (Å²) in [6, 6.07) is 8.28. The van der Waals surface area contributed by atoms with E-state index in [2.05, 4.69) is 15.0 Å². The van der Waals surface area contributed by atoms with Gasteiger partial charge in [-0.25, -0.2) is 4.39 Å². The second kappa shape index (κ2) is 12.8. The number of hydrogen-bond donors (Lipinski definition) is 3. The van der Waals surface area contributed by atoms with E-state index in [0.717, 1.165) is 69.3 Å². The predicted octanol–water partition coefficient (Wildman–Crippen LogP) is 5.27. The highest BCUT2D eigenvalue weighted by Crippen LogP contribution is 2.32. The lowest BCUT2D eigenvalue weighted by atomic mass is 9.95. The smallest absolute Gasteiger partial charge is 0.273 e. The van der Waals surface area contributed by atoms with Crippen molar-refractivity contribution in [3.63, 3.8) is 0 Å². The zero-order valence-electron chi connectivity index (χ0n) is 23.2. The van der Waals surface area contributed by atoms with E-state index in [0.29, 0.717) is 5.76 Å². The average molecular weight is 582 g/mol. The lowest BCUT2D eigenvalue weighted by Gasteiger charge is -2.30. The Kier molecular flexibility index (Phi) is 9.02. The van der Waals surface area contributed by atoms with E-state index in [9.17, 15) is 18.8 Å². The van der Waals surface area contributed by atoms with Gasteiger partial charge < -0.3 is 25.7 Å². The number of nitrogen functional groups attached to an aromatic ring is 1. The van der Waals surface area contributed by atoms with E-state index in [1.54, 1.807) is 37.3 Å². The lowest BCUT2D eigenvalue weighted by Crippen LogP contribution is -2.45. The van der Waals surface area contributed by atoms with Crippen LogP contribution in [0.1, 0.15) is 101 Å². The second-order valence-corrected chi connectivity index (χ2v) is 11.7. The molecule has 41 heavy (non-hydrogen) atoms. The van der Waals surface area contributed by atoms with Gasteiger partial charge in [0.2, 0.25) is 0 Å². The van der Waals surface area contributed by atoms with Crippen molar-refractivity contribution in [2.75, 3.05) is 5.73 Å². The zero-order valence-corrected chi connectivity index (χ0v) is 24.0. The van der Waals surface area contributed by atoms with Gasteiger partial charge in [-0.2, -0.15) is 4.37 Å². The van der Waals surface area contributed by atoms with Crippen LogP contribution in [-0.2, 0) is 11.3 Å². The quantitative estimate of drug-likeness (QED) is 0.316. The Morgan fingerprint density at radius 2 is 1.68 bits per heavy atom. The number of nitrogens with zero attached hydrogens (tertiary/aromatic N) is 2. The molecular weight excluding hydrogens is 545 g/mol. The molecule has 0 aliphatic heterocycles. The monoisotopic (exact) mass is 581 g/mol. The Morgan fingerprint density at radius 1 is 1.02 bits per heavy atom. The number of hydrogen-bond acceptors (Lipinski definition) is 7. The molecule has 2 aliphatic rings. The summed E-state index contributed by atoms with van der Waals surface area (Å²) in [4.78, 5) is 42.3. The highest BCUT2D eigenvalue weighted by Gasteiger charge is 2.38. The molecular formula is C30H36FN5O4S. The number of aromatic nitrogens is 1. The van der Waals surface area contributed by atoms with E-state index in [4.69, 9.17) is 10.2 Å². The molecule has 5 rings (SSSR count). The molecule has 2 aliphatic carbocycles. The third-order valence-electron chi connectivity index (χ3n) is 7.93. The molecule has 11 heteroatoms. The number of halogens is 1.